The zero-order valence-electron chi connectivity index (χ0n) is 11.4. The quantitative estimate of drug-likeness (QED) is 0.812. The standard InChI is InChI=1S/C16H20FNO2/c17-14-6-3-13(4-7-14)5-8-15(20)18-11-16(12-19)9-1-2-10-16/h3-8,19H,1-2,9-12H2,(H,18,20)/b8-5+. The molecule has 3 nitrogen and oxygen atoms in total. The molecule has 1 aliphatic carbocycles. The van der Waals surface area contributed by atoms with Gasteiger partial charge in [0.15, 0.2) is 0 Å². The second kappa shape index (κ2) is 6.66. The Morgan fingerprint density at radius 1 is 1.30 bits per heavy atom. The number of nitrogens with one attached hydrogen (secondary N) is 1. The number of benzene rings is 1. The summed E-state index contributed by atoms with van der Waals surface area (Å²) in [5.41, 5.74) is 0.638. The summed E-state index contributed by atoms with van der Waals surface area (Å²) in [6, 6.07) is 5.95. The molecular formula is C16H20FNO2. The van der Waals surface area contributed by atoms with Crippen LogP contribution in [0.4, 0.5) is 4.39 Å². The molecule has 0 radical (unpaired) electrons. The van der Waals surface area contributed by atoms with E-state index in [0.717, 1.165) is 31.2 Å². The van der Waals surface area contributed by atoms with Gasteiger partial charge >= 0.3 is 0 Å². The van der Waals surface area contributed by atoms with E-state index in [2.05, 4.69) is 5.32 Å². The van der Waals surface area contributed by atoms with E-state index in [9.17, 15) is 14.3 Å². The highest BCUT2D eigenvalue weighted by Gasteiger charge is 2.33. The molecule has 0 saturated heterocycles. The molecule has 0 aliphatic heterocycles. The maximum absolute atomic E-state index is 12.7. The van der Waals surface area contributed by atoms with E-state index in [1.165, 1.54) is 18.2 Å². The highest BCUT2D eigenvalue weighted by Crippen LogP contribution is 2.36. The number of carbonyl (C=O) groups excluding carboxylic acids is 1. The van der Waals surface area contributed by atoms with E-state index in [1.807, 2.05) is 0 Å². The fourth-order valence-corrected chi connectivity index (χ4v) is 2.60. The van der Waals surface area contributed by atoms with Crippen LogP contribution < -0.4 is 5.32 Å². The van der Waals surface area contributed by atoms with Crippen molar-refractivity contribution >= 4 is 12.0 Å². The van der Waals surface area contributed by atoms with Gasteiger partial charge in [0.05, 0.1) is 6.61 Å². The first-order chi connectivity index (χ1) is 9.63. The number of carbonyl (C=O) groups is 1. The Balaban J connectivity index is 1.84. The highest BCUT2D eigenvalue weighted by atomic mass is 19.1. The summed E-state index contributed by atoms with van der Waals surface area (Å²) >= 11 is 0. The second-order valence-corrected chi connectivity index (χ2v) is 5.47. The normalized spacial score (nSPS) is 17.5. The van der Waals surface area contributed by atoms with Crippen LogP contribution in [-0.4, -0.2) is 24.2 Å². The number of rotatable bonds is 5. The summed E-state index contributed by atoms with van der Waals surface area (Å²) in [6.07, 6.45) is 7.24. The summed E-state index contributed by atoms with van der Waals surface area (Å²) in [5.74, 6) is -0.480. The molecular weight excluding hydrogens is 257 g/mol. The monoisotopic (exact) mass is 277 g/mol. The molecule has 108 valence electrons. The van der Waals surface area contributed by atoms with Gasteiger partial charge in [-0.3, -0.25) is 4.79 Å². The topological polar surface area (TPSA) is 49.3 Å². The number of amides is 1. The zero-order valence-corrected chi connectivity index (χ0v) is 11.4. The number of halogens is 1. The summed E-state index contributed by atoms with van der Waals surface area (Å²) < 4.78 is 12.7. The third-order valence-corrected chi connectivity index (χ3v) is 3.93. The van der Waals surface area contributed by atoms with Gasteiger partial charge in [0.25, 0.3) is 0 Å². The van der Waals surface area contributed by atoms with Crippen molar-refractivity contribution in [2.24, 2.45) is 5.41 Å². The first-order valence-electron chi connectivity index (χ1n) is 6.96. The van der Waals surface area contributed by atoms with Crippen molar-refractivity contribution in [2.45, 2.75) is 25.7 Å². The lowest BCUT2D eigenvalue weighted by molar-refractivity contribution is -0.117. The smallest absolute Gasteiger partial charge is 0.244 e. The van der Waals surface area contributed by atoms with Crippen molar-refractivity contribution in [3.8, 4) is 0 Å². The third kappa shape index (κ3) is 3.90. The molecule has 1 saturated carbocycles. The Morgan fingerprint density at radius 2 is 1.95 bits per heavy atom. The van der Waals surface area contributed by atoms with Crippen LogP contribution in [0.1, 0.15) is 31.2 Å². The second-order valence-electron chi connectivity index (χ2n) is 5.47. The van der Waals surface area contributed by atoms with E-state index in [-0.39, 0.29) is 23.7 Å². The fraction of sp³-hybridized carbons (Fsp3) is 0.438. The van der Waals surface area contributed by atoms with Crippen molar-refractivity contribution in [1.29, 1.82) is 0 Å². The summed E-state index contributed by atoms with van der Waals surface area (Å²) in [7, 11) is 0. The van der Waals surface area contributed by atoms with Crippen LogP contribution in [0.15, 0.2) is 30.3 Å². The van der Waals surface area contributed by atoms with E-state index >= 15 is 0 Å². The zero-order chi connectivity index (χ0) is 14.4. The predicted molar refractivity (Wildman–Crippen MR) is 76.4 cm³/mol. The third-order valence-electron chi connectivity index (χ3n) is 3.93. The van der Waals surface area contributed by atoms with E-state index in [4.69, 9.17) is 0 Å². The minimum atomic E-state index is -0.294. The van der Waals surface area contributed by atoms with Gasteiger partial charge in [-0.1, -0.05) is 25.0 Å². The lowest BCUT2D eigenvalue weighted by atomic mass is 9.87. The fourth-order valence-electron chi connectivity index (χ4n) is 2.60. The Labute approximate surface area is 118 Å². The van der Waals surface area contributed by atoms with Crippen LogP contribution in [-0.2, 0) is 4.79 Å². The Hall–Kier alpha value is -1.68. The van der Waals surface area contributed by atoms with Gasteiger partial charge in [-0.05, 0) is 36.6 Å². The van der Waals surface area contributed by atoms with Crippen molar-refractivity contribution in [3.63, 3.8) is 0 Å². The van der Waals surface area contributed by atoms with Crippen molar-refractivity contribution < 1.29 is 14.3 Å². The molecule has 20 heavy (non-hydrogen) atoms. The van der Waals surface area contributed by atoms with Crippen molar-refractivity contribution in [3.05, 3.63) is 41.7 Å². The number of hydrogen-bond acceptors (Lipinski definition) is 2. The van der Waals surface area contributed by atoms with Crippen molar-refractivity contribution in [1.82, 2.24) is 5.32 Å². The largest absolute Gasteiger partial charge is 0.396 e. The first kappa shape index (κ1) is 14.7. The molecule has 1 aromatic rings. The summed E-state index contributed by atoms with van der Waals surface area (Å²) in [6.45, 7) is 0.630. The first-order valence-corrected chi connectivity index (χ1v) is 6.96. The van der Waals surface area contributed by atoms with Crippen LogP contribution in [0.5, 0.6) is 0 Å². The Morgan fingerprint density at radius 3 is 2.55 bits per heavy atom. The molecule has 1 amide bonds. The van der Waals surface area contributed by atoms with Crippen molar-refractivity contribution in [2.75, 3.05) is 13.2 Å². The number of hydrogen-bond donors (Lipinski definition) is 2. The average molecular weight is 277 g/mol. The van der Waals surface area contributed by atoms with E-state index in [1.54, 1.807) is 18.2 Å². The number of aliphatic hydroxyl groups is 1. The molecule has 0 spiro atoms. The summed E-state index contributed by atoms with van der Waals surface area (Å²) in [4.78, 5) is 11.7. The minimum Gasteiger partial charge on any atom is -0.396 e. The molecule has 2 N–H and O–H groups in total. The van der Waals surface area contributed by atoms with Gasteiger partial charge in [0, 0.05) is 18.0 Å². The van der Waals surface area contributed by atoms with Crippen LogP contribution in [0.2, 0.25) is 0 Å². The maximum Gasteiger partial charge on any atom is 0.244 e. The van der Waals surface area contributed by atoms with E-state index < -0.39 is 0 Å². The highest BCUT2D eigenvalue weighted by molar-refractivity contribution is 5.91. The molecule has 0 bridgehead atoms. The maximum atomic E-state index is 12.7. The van der Waals surface area contributed by atoms with Gasteiger partial charge in [-0.2, -0.15) is 0 Å². The van der Waals surface area contributed by atoms with E-state index in [0.29, 0.717) is 6.54 Å². The van der Waals surface area contributed by atoms with Gasteiger partial charge in [0.2, 0.25) is 5.91 Å². The lowest BCUT2D eigenvalue weighted by Crippen LogP contribution is -2.37. The molecule has 0 atom stereocenters. The minimum absolute atomic E-state index is 0.120. The predicted octanol–water partition coefficient (Wildman–Crippen LogP) is 2.51. The van der Waals surface area contributed by atoms with Gasteiger partial charge in [-0.25, -0.2) is 4.39 Å². The molecule has 2 rings (SSSR count). The van der Waals surface area contributed by atoms with Crippen LogP contribution in [0, 0.1) is 11.2 Å². The van der Waals surface area contributed by atoms with Crippen LogP contribution >= 0.6 is 0 Å². The van der Waals surface area contributed by atoms with Crippen LogP contribution in [0.25, 0.3) is 6.08 Å². The SMILES string of the molecule is O=C(/C=C/c1ccc(F)cc1)NCC1(CO)CCCC1. The van der Waals surface area contributed by atoms with Gasteiger partial charge in [0.1, 0.15) is 5.82 Å². The van der Waals surface area contributed by atoms with Gasteiger partial charge in [-0.15, -0.1) is 0 Å². The molecule has 1 aromatic carbocycles. The molecule has 1 fully saturated rings. The summed E-state index contributed by atoms with van der Waals surface area (Å²) in [5, 5.41) is 12.3. The van der Waals surface area contributed by atoms with Gasteiger partial charge < -0.3 is 10.4 Å². The molecule has 0 aromatic heterocycles. The lowest BCUT2D eigenvalue weighted by Gasteiger charge is -2.26. The Bertz CT molecular complexity index is 476. The number of aliphatic hydroxyl groups excluding tert-OH is 1. The Kier molecular flexibility index (Phi) is 4.90. The average Bonchev–Trinajstić information content (AvgIpc) is 2.94. The molecule has 1 aliphatic rings. The molecule has 0 heterocycles. The molecule has 0 unspecified atom stereocenters. The van der Waals surface area contributed by atoms with Crippen LogP contribution in [0.3, 0.4) is 0 Å². The molecule has 4 heteroatoms.